The average molecular weight is 479 g/mol. The Labute approximate surface area is 196 Å². The van der Waals surface area contributed by atoms with Gasteiger partial charge in [0.15, 0.2) is 0 Å². The van der Waals surface area contributed by atoms with Crippen LogP contribution in [0, 0.1) is 0 Å². The third-order valence-electron chi connectivity index (χ3n) is 5.97. The van der Waals surface area contributed by atoms with E-state index >= 15 is 0 Å². The average Bonchev–Trinajstić information content (AvgIpc) is 2.76. The van der Waals surface area contributed by atoms with Crippen LogP contribution in [0.15, 0.2) is 36.4 Å². The highest BCUT2D eigenvalue weighted by atomic mass is 35.5. The summed E-state index contributed by atoms with van der Waals surface area (Å²) >= 11 is 6.12. The summed E-state index contributed by atoms with van der Waals surface area (Å²) in [6.07, 6.45) is 6.31. The van der Waals surface area contributed by atoms with Crippen LogP contribution in [0.4, 0.5) is 5.69 Å². The zero-order valence-electron chi connectivity index (χ0n) is 19.0. The SMILES string of the molecule is CC[C@@H](NC(=O)[C@H](C)N(c1cc(Cl)ccc1OC)S(C)(=O)=O)c1ccc2c(c1)CCCC2. The van der Waals surface area contributed by atoms with Gasteiger partial charge < -0.3 is 10.1 Å². The van der Waals surface area contributed by atoms with Gasteiger partial charge in [-0.05, 0) is 73.9 Å². The lowest BCUT2D eigenvalue weighted by Gasteiger charge is -2.31. The number of methoxy groups -OCH3 is 1. The number of halogens is 1. The van der Waals surface area contributed by atoms with Crippen molar-refractivity contribution in [2.75, 3.05) is 17.7 Å². The number of rotatable bonds is 8. The Morgan fingerprint density at radius 1 is 1.16 bits per heavy atom. The van der Waals surface area contributed by atoms with Crippen LogP contribution in [0.1, 0.15) is 55.8 Å². The number of sulfonamides is 1. The fourth-order valence-electron chi connectivity index (χ4n) is 4.30. The molecule has 0 spiro atoms. The molecule has 2 aromatic rings. The largest absolute Gasteiger partial charge is 0.495 e. The molecule has 0 saturated carbocycles. The van der Waals surface area contributed by atoms with Crippen molar-refractivity contribution in [3.63, 3.8) is 0 Å². The van der Waals surface area contributed by atoms with Crippen LogP contribution in [0.5, 0.6) is 5.75 Å². The zero-order chi connectivity index (χ0) is 23.5. The van der Waals surface area contributed by atoms with Gasteiger partial charge in [0.25, 0.3) is 0 Å². The first-order valence-corrected chi connectivity index (χ1v) is 13.1. The molecule has 0 bridgehead atoms. The minimum Gasteiger partial charge on any atom is -0.495 e. The van der Waals surface area contributed by atoms with E-state index in [1.165, 1.54) is 37.1 Å². The maximum atomic E-state index is 13.2. The first-order valence-electron chi connectivity index (χ1n) is 10.9. The Morgan fingerprint density at radius 2 is 1.84 bits per heavy atom. The Kier molecular flexibility index (Phi) is 7.72. The van der Waals surface area contributed by atoms with Gasteiger partial charge in [0.1, 0.15) is 11.8 Å². The quantitative estimate of drug-likeness (QED) is 0.599. The van der Waals surface area contributed by atoms with E-state index in [0.717, 1.165) is 29.0 Å². The summed E-state index contributed by atoms with van der Waals surface area (Å²) in [6.45, 7) is 3.57. The summed E-state index contributed by atoms with van der Waals surface area (Å²) in [5.41, 5.74) is 3.99. The first kappa shape index (κ1) is 24.4. The molecular formula is C24H31ClN2O4S. The molecule has 8 heteroatoms. The highest BCUT2D eigenvalue weighted by molar-refractivity contribution is 7.92. The van der Waals surface area contributed by atoms with Gasteiger partial charge in [-0.25, -0.2) is 8.42 Å². The number of aryl methyl sites for hydroxylation is 2. The molecule has 6 nitrogen and oxygen atoms in total. The Morgan fingerprint density at radius 3 is 2.47 bits per heavy atom. The number of carbonyl (C=O) groups excluding carboxylic acids is 1. The zero-order valence-corrected chi connectivity index (χ0v) is 20.6. The normalized spacial score (nSPS) is 15.4. The lowest BCUT2D eigenvalue weighted by molar-refractivity contribution is -0.122. The Hall–Kier alpha value is -2.25. The van der Waals surface area contributed by atoms with Crippen LogP contribution in [-0.2, 0) is 27.7 Å². The van der Waals surface area contributed by atoms with Gasteiger partial charge in [-0.15, -0.1) is 0 Å². The maximum absolute atomic E-state index is 13.2. The van der Waals surface area contributed by atoms with Crippen molar-refractivity contribution in [3.8, 4) is 5.75 Å². The van der Waals surface area contributed by atoms with Crippen LogP contribution in [0.3, 0.4) is 0 Å². The number of hydrogen-bond acceptors (Lipinski definition) is 4. The standard InChI is InChI=1S/C24H31ClN2O4S/c1-5-21(19-11-10-17-8-6-7-9-18(17)14-19)26-24(28)16(2)27(32(4,29)30)22-15-20(25)12-13-23(22)31-3/h10-16,21H,5-9H2,1-4H3,(H,26,28)/t16-,21+/m0/s1. The van der Waals surface area contributed by atoms with Crippen molar-refractivity contribution in [3.05, 3.63) is 58.1 Å². The van der Waals surface area contributed by atoms with E-state index in [0.29, 0.717) is 17.2 Å². The van der Waals surface area contributed by atoms with Crippen LogP contribution in [-0.4, -0.2) is 33.7 Å². The summed E-state index contributed by atoms with van der Waals surface area (Å²) in [4.78, 5) is 13.2. The lowest BCUT2D eigenvalue weighted by Crippen LogP contribution is -2.48. The topological polar surface area (TPSA) is 75.7 Å². The van der Waals surface area contributed by atoms with E-state index in [-0.39, 0.29) is 17.6 Å². The van der Waals surface area contributed by atoms with Gasteiger partial charge >= 0.3 is 0 Å². The first-order chi connectivity index (χ1) is 15.2. The summed E-state index contributed by atoms with van der Waals surface area (Å²) in [5.74, 6) is -0.0665. The third kappa shape index (κ3) is 5.38. The molecule has 0 heterocycles. The number of nitrogens with zero attached hydrogens (tertiary/aromatic N) is 1. The predicted molar refractivity (Wildman–Crippen MR) is 129 cm³/mol. The molecule has 0 saturated heterocycles. The van der Waals surface area contributed by atoms with Crippen molar-refractivity contribution in [2.24, 2.45) is 0 Å². The fourth-order valence-corrected chi connectivity index (χ4v) is 5.64. The molecule has 0 radical (unpaired) electrons. The van der Waals surface area contributed by atoms with Gasteiger partial charge in [-0.3, -0.25) is 9.10 Å². The number of ether oxygens (including phenoxy) is 1. The molecule has 1 aliphatic rings. The summed E-state index contributed by atoms with van der Waals surface area (Å²) in [5, 5.41) is 3.39. The van der Waals surface area contributed by atoms with E-state index in [4.69, 9.17) is 16.3 Å². The van der Waals surface area contributed by atoms with Crippen molar-refractivity contribution < 1.29 is 17.9 Å². The molecule has 3 rings (SSSR count). The van der Waals surface area contributed by atoms with E-state index in [1.54, 1.807) is 19.1 Å². The molecule has 0 aliphatic heterocycles. The Balaban J connectivity index is 1.88. The molecule has 2 atom stereocenters. The van der Waals surface area contributed by atoms with Crippen LogP contribution < -0.4 is 14.4 Å². The molecule has 32 heavy (non-hydrogen) atoms. The molecule has 0 aromatic heterocycles. The maximum Gasteiger partial charge on any atom is 0.244 e. The van der Waals surface area contributed by atoms with Crippen molar-refractivity contribution in [1.82, 2.24) is 5.32 Å². The van der Waals surface area contributed by atoms with Crippen LogP contribution in [0.2, 0.25) is 5.02 Å². The van der Waals surface area contributed by atoms with Crippen molar-refractivity contribution >= 4 is 33.2 Å². The number of carbonyl (C=O) groups is 1. The second kappa shape index (κ2) is 10.1. The molecule has 1 N–H and O–H groups in total. The Bertz CT molecular complexity index is 1090. The van der Waals surface area contributed by atoms with Crippen molar-refractivity contribution in [1.29, 1.82) is 0 Å². The van der Waals surface area contributed by atoms with Crippen LogP contribution >= 0.6 is 11.6 Å². The molecule has 0 unspecified atom stereocenters. The van der Waals surface area contributed by atoms with Gasteiger partial charge in [0.05, 0.1) is 25.1 Å². The molecular weight excluding hydrogens is 448 g/mol. The smallest absolute Gasteiger partial charge is 0.244 e. The molecule has 2 aromatic carbocycles. The monoisotopic (exact) mass is 478 g/mol. The van der Waals surface area contributed by atoms with E-state index in [9.17, 15) is 13.2 Å². The predicted octanol–water partition coefficient (Wildman–Crippen LogP) is 4.65. The van der Waals surface area contributed by atoms with E-state index in [2.05, 4.69) is 23.5 Å². The van der Waals surface area contributed by atoms with Gasteiger partial charge in [-0.1, -0.05) is 36.7 Å². The van der Waals surface area contributed by atoms with Gasteiger partial charge in [-0.2, -0.15) is 0 Å². The number of hydrogen-bond donors (Lipinski definition) is 1. The van der Waals surface area contributed by atoms with E-state index in [1.807, 2.05) is 6.92 Å². The number of nitrogens with one attached hydrogen (secondary N) is 1. The highest BCUT2D eigenvalue weighted by Crippen LogP contribution is 2.34. The fraction of sp³-hybridized carbons (Fsp3) is 0.458. The van der Waals surface area contributed by atoms with Crippen molar-refractivity contribution in [2.45, 2.75) is 58.0 Å². The number of fused-ring (bicyclic) bond motifs is 1. The van der Waals surface area contributed by atoms with E-state index < -0.39 is 16.1 Å². The number of benzene rings is 2. The highest BCUT2D eigenvalue weighted by Gasteiger charge is 2.32. The summed E-state index contributed by atoms with van der Waals surface area (Å²) in [7, 11) is -2.35. The van der Waals surface area contributed by atoms with Gasteiger partial charge in [0, 0.05) is 5.02 Å². The minimum absolute atomic E-state index is 0.208. The second-order valence-corrected chi connectivity index (χ2v) is 10.6. The molecule has 1 aliphatic carbocycles. The van der Waals surface area contributed by atoms with Gasteiger partial charge in [0.2, 0.25) is 15.9 Å². The molecule has 174 valence electrons. The minimum atomic E-state index is -3.80. The molecule has 0 fully saturated rings. The second-order valence-electron chi connectivity index (χ2n) is 8.26. The number of anilines is 1. The lowest BCUT2D eigenvalue weighted by atomic mass is 9.88. The summed E-state index contributed by atoms with van der Waals surface area (Å²) in [6, 6.07) is 9.89. The molecule has 1 amide bonds. The third-order valence-corrected chi connectivity index (χ3v) is 7.43. The number of amides is 1. The summed E-state index contributed by atoms with van der Waals surface area (Å²) < 4.78 is 31.8. The van der Waals surface area contributed by atoms with Crippen LogP contribution in [0.25, 0.3) is 0 Å².